The van der Waals surface area contributed by atoms with E-state index in [4.69, 9.17) is 11.0 Å². The van der Waals surface area contributed by atoms with Crippen molar-refractivity contribution in [1.29, 1.82) is 5.26 Å². The Labute approximate surface area is 103 Å². The maximum absolute atomic E-state index is 13.6. The van der Waals surface area contributed by atoms with E-state index in [1.807, 2.05) is 6.07 Å². The van der Waals surface area contributed by atoms with Crippen molar-refractivity contribution in [1.82, 2.24) is 9.97 Å². The first-order valence-electron chi connectivity index (χ1n) is 5.16. The summed E-state index contributed by atoms with van der Waals surface area (Å²) in [6, 6.07) is 7.51. The van der Waals surface area contributed by atoms with E-state index in [0.717, 1.165) is 6.07 Å². The zero-order chi connectivity index (χ0) is 13.1. The van der Waals surface area contributed by atoms with E-state index >= 15 is 0 Å². The third kappa shape index (κ3) is 2.52. The quantitative estimate of drug-likeness (QED) is 0.843. The minimum atomic E-state index is -0.524. The van der Waals surface area contributed by atoms with Crippen LogP contribution in [0, 0.1) is 24.1 Å². The standard InChI is InChI=1S/C12H10FN5/c1-7-16-11(15)5-12(17-7)18-10-3-2-8(6-14)4-9(10)13/h2-5H,1H3,(H3,15,16,17,18). The van der Waals surface area contributed by atoms with Gasteiger partial charge in [0.2, 0.25) is 0 Å². The minimum absolute atomic E-state index is 0.228. The van der Waals surface area contributed by atoms with E-state index in [2.05, 4.69) is 15.3 Å². The predicted molar refractivity (Wildman–Crippen MR) is 65.6 cm³/mol. The Bertz CT molecular complexity index is 613. The summed E-state index contributed by atoms with van der Waals surface area (Å²) >= 11 is 0. The molecule has 0 saturated carbocycles. The van der Waals surface area contributed by atoms with Crippen LogP contribution >= 0.6 is 0 Å². The van der Waals surface area contributed by atoms with Crippen LogP contribution in [0.4, 0.5) is 21.7 Å². The number of nitrogens with two attached hydrogens (primary N) is 1. The lowest BCUT2D eigenvalue weighted by molar-refractivity contribution is 0.631. The summed E-state index contributed by atoms with van der Waals surface area (Å²) in [6.07, 6.45) is 0. The van der Waals surface area contributed by atoms with E-state index in [0.29, 0.717) is 17.5 Å². The van der Waals surface area contributed by atoms with Crippen LogP contribution in [-0.4, -0.2) is 9.97 Å². The van der Waals surface area contributed by atoms with Gasteiger partial charge in [-0.3, -0.25) is 0 Å². The molecule has 0 bridgehead atoms. The van der Waals surface area contributed by atoms with Crippen molar-refractivity contribution in [2.75, 3.05) is 11.1 Å². The number of halogens is 1. The number of nitrogen functional groups attached to an aromatic ring is 1. The molecule has 2 aromatic rings. The molecule has 1 aromatic heterocycles. The highest BCUT2D eigenvalue weighted by Crippen LogP contribution is 2.20. The Morgan fingerprint density at radius 2 is 2.11 bits per heavy atom. The van der Waals surface area contributed by atoms with Gasteiger partial charge in [-0.1, -0.05) is 0 Å². The van der Waals surface area contributed by atoms with Crippen molar-refractivity contribution in [2.45, 2.75) is 6.92 Å². The Kier molecular flexibility index (Phi) is 3.06. The molecule has 2 rings (SSSR count). The molecule has 0 aliphatic carbocycles. The van der Waals surface area contributed by atoms with Crippen LogP contribution in [0.3, 0.4) is 0 Å². The van der Waals surface area contributed by atoms with Gasteiger partial charge < -0.3 is 11.1 Å². The van der Waals surface area contributed by atoms with Gasteiger partial charge in [-0.2, -0.15) is 5.26 Å². The lowest BCUT2D eigenvalue weighted by atomic mass is 10.2. The maximum Gasteiger partial charge on any atom is 0.147 e. The van der Waals surface area contributed by atoms with Crippen molar-refractivity contribution in [2.24, 2.45) is 0 Å². The second-order valence-corrected chi connectivity index (χ2v) is 3.66. The number of aryl methyl sites for hydroxylation is 1. The Morgan fingerprint density at radius 1 is 1.33 bits per heavy atom. The van der Waals surface area contributed by atoms with Gasteiger partial charge in [-0.25, -0.2) is 14.4 Å². The van der Waals surface area contributed by atoms with Crippen LogP contribution in [0.1, 0.15) is 11.4 Å². The molecule has 6 heteroatoms. The zero-order valence-corrected chi connectivity index (χ0v) is 9.61. The summed E-state index contributed by atoms with van der Waals surface area (Å²) in [7, 11) is 0. The van der Waals surface area contributed by atoms with Crippen molar-refractivity contribution in [3.63, 3.8) is 0 Å². The lowest BCUT2D eigenvalue weighted by Gasteiger charge is -2.08. The Hall–Kier alpha value is -2.68. The third-order valence-electron chi connectivity index (χ3n) is 2.22. The molecule has 18 heavy (non-hydrogen) atoms. The van der Waals surface area contributed by atoms with Crippen molar-refractivity contribution in [3.8, 4) is 6.07 Å². The highest BCUT2D eigenvalue weighted by atomic mass is 19.1. The van der Waals surface area contributed by atoms with Crippen molar-refractivity contribution in [3.05, 3.63) is 41.5 Å². The fraction of sp³-hybridized carbons (Fsp3) is 0.0833. The first kappa shape index (κ1) is 11.8. The summed E-state index contributed by atoms with van der Waals surface area (Å²) in [5.41, 5.74) is 6.06. The summed E-state index contributed by atoms with van der Waals surface area (Å²) in [6.45, 7) is 1.69. The third-order valence-corrected chi connectivity index (χ3v) is 2.22. The average Bonchev–Trinajstić information content (AvgIpc) is 2.30. The number of nitrogens with one attached hydrogen (secondary N) is 1. The van der Waals surface area contributed by atoms with E-state index < -0.39 is 5.82 Å². The molecule has 0 fully saturated rings. The fourth-order valence-corrected chi connectivity index (χ4v) is 1.48. The molecule has 0 unspecified atom stereocenters. The lowest BCUT2D eigenvalue weighted by Crippen LogP contribution is -2.01. The Balaban J connectivity index is 2.31. The first-order valence-corrected chi connectivity index (χ1v) is 5.16. The van der Waals surface area contributed by atoms with Gasteiger partial charge in [0, 0.05) is 6.07 Å². The molecular weight excluding hydrogens is 233 g/mol. The zero-order valence-electron chi connectivity index (χ0n) is 9.61. The number of rotatable bonds is 2. The highest BCUT2D eigenvalue weighted by Gasteiger charge is 2.05. The molecule has 1 aromatic carbocycles. The molecule has 0 atom stereocenters. The van der Waals surface area contributed by atoms with Gasteiger partial charge in [0.15, 0.2) is 0 Å². The van der Waals surface area contributed by atoms with Crippen LogP contribution in [0.2, 0.25) is 0 Å². The number of nitrogens with zero attached hydrogens (tertiary/aromatic N) is 3. The molecule has 0 aliphatic heterocycles. The van der Waals surface area contributed by atoms with Crippen LogP contribution < -0.4 is 11.1 Å². The van der Waals surface area contributed by atoms with E-state index in [1.165, 1.54) is 18.2 Å². The topological polar surface area (TPSA) is 87.6 Å². The number of nitriles is 1. The van der Waals surface area contributed by atoms with Crippen LogP contribution in [0.25, 0.3) is 0 Å². The average molecular weight is 243 g/mol. The number of aromatic nitrogens is 2. The monoisotopic (exact) mass is 243 g/mol. The van der Waals surface area contributed by atoms with Gasteiger partial charge in [0.1, 0.15) is 23.3 Å². The molecule has 0 amide bonds. The van der Waals surface area contributed by atoms with E-state index in [-0.39, 0.29) is 11.3 Å². The van der Waals surface area contributed by atoms with E-state index in [1.54, 1.807) is 6.92 Å². The smallest absolute Gasteiger partial charge is 0.147 e. The molecule has 90 valence electrons. The number of hydrogen-bond donors (Lipinski definition) is 2. The number of benzene rings is 1. The summed E-state index contributed by atoms with van der Waals surface area (Å²) in [5.74, 6) is 0.679. The van der Waals surface area contributed by atoms with Gasteiger partial charge in [-0.15, -0.1) is 0 Å². The molecule has 5 nitrogen and oxygen atoms in total. The largest absolute Gasteiger partial charge is 0.384 e. The maximum atomic E-state index is 13.6. The molecule has 0 aliphatic rings. The van der Waals surface area contributed by atoms with Gasteiger partial charge >= 0.3 is 0 Å². The van der Waals surface area contributed by atoms with Crippen LogP contribution in [0.5, 0.6) is 0 Å². The van der Waals surface area contributed by atoms with Gasteiger partial charge in [-0.05, 0) is 25.1 Å². The molecule has 0 spiro atoms. The molecule has 3 N–H and O–H groups in total. The summed E-state index contributed by atoms with van der Waals surface area (Å²) < 4.78 is 13.6. The normalized spacial score (nSPS) is 9.83. The molecule has 1 heterocycles. The first-order chi connectivity index (χ1) is 8.58. The summed E-state index contributed by atoms with van der Waals surface area (Å²) in [5, 5.41) is 11.4. The number of anilines is 3. The summed E-state index contributed by atoms with van der Waals surface area (Å²) in [4.78, 5) is 7.99. The molecule has 0 saturated heterocycles. The Morgan fingerprint density at radius 3 is 2.72 bits per heavy atom. The number of hydrogen-bond acceptors (Lipinski definition) is 5. The van der Waals surface area contributed by atoms with E-state index in [9.17, 15) is 4.39 Å². The van der Waals surface area contributed by atoms with Crippen LogP contribution in [-0.2, 0) is 0 Å². The fourth-order valence-electron chi connectivity index (χ4n) is 1.48. The second-order valence-electron chi connectivity index (χ2n) is 3.66. The van der Waals surface area contributed by atoms with Crippen LogP contribution in [0.15, 0.2) is 24.3 Å². The van der Waals surface area contributed by atoms with Crippen molar-refractivity contribution < 1.29 is 4.39 Å². The van der Waals surface area contributed by atoms with Crippen molar-refractivity contribution >= 4 is 17.3 Å². The molecular formula is C12H10FN5. The van der Waals surface area contributed by atoms with Gasteiger partial charge in [0.05, 0.1) is 17.3 Å². The van der Waals surface area contributed by atoms with Gasteiger partial charge in [0.25, 0.3) is 0 Å². The minimum Gasteiger partial charge on any atom is -0.384 e. The molecule has 0 radical (unpaired) electrons. The predicted octanol–water partition coefficient (Wildman–Crippen LogP) is 2.12. The SMILES string of the molecule is Cc1nc(N)cc(Nc2ccc(C#N)cc2F)n1. The second kappa shape index (κ2) is 4.67. The highest BCUT2D eigenvalue weighted by molar-refractivity contribution is 5.60.